The SMILES string of the molecule is Cc1oc(C)c(C(=O)Nc2ccc(CN)cc2F)c1C. The van der Waals surface area contributed by atoms with Crippen LogP contribution in [0, 0.1) is 26.6 Å². The second kappa shape index (κ2) is 5.46. The number of benzene rings is 1. The molecule has 0 saturated heterocycles. The number of hydrogen-bond acceptors (Lipinski definition) is 3. The molecule has 1 amide bonds. The van der Waals surface area contributed by atoms with Crippen LogP contribution >= 0.6 is 0 Å². The third-order valence-electron chi connectivity index (χ3n) is 3.31. The molecular formula is C15H17FN2O2. The zero-order valence-corrected chi connectivity index (χ0v) is 11.7. The highest BCUT2D eigenvalue weighted by Crippen LogP contribution is 2.23. The largest absolute Gasteiger partial charge is 0.466 e. The molecule has 3 N–H and O–H groups in total. The van der Waals surface area contributed by atoms with Crippen molar-refractivity contribution in [3.63, 3.8) is 0 Å². The van der Waals surface area contributed by atoms with Gasteiger partial charge in [-0.2, -0.15) is 0 Å². The first-order valence-electron chi connectivity index (χ1n) is 6.30. The van der Waals surface area contributed by atoms with E-state index in [-0.39, 0.29) is 18.1 Å². The predicted octanol–water partition coefficient (Wildman–Crippen LogP) is 3.05. The minimum Gasteiger partial charge on any atom is -0.466 e. The number of halogens is 1. The number of anilines is 1. The molecule has 106 valence electrons. The van der Waals surface area contributed by atoms with Crippen molar-refractivity contribution in [1.29, 1.82) is 0 Å². The first-order valence-corrected chi connectivity index (χ1v) is 6.30. The zero-order valence-electron chi connectivity index (χ0n) is 11.7. The Kier molecular flexibility index (Phi) is 3.90. The smallest absolute Gasteiger partial charge is 0.259 e. The minimum atomic E-state index is -0.503. The van der Waals surface area contributed by atoms with Crippen molar-refractivity contribution in [3.8, 4) is 0 Å². The highest BCUT2D eigenvalue weighted by atomic mass is 19.1. The summed E-state index contributed by atoms with van der Waals surface area (Å²) in [6.45, 7) is 5.55. The Labute approximate surface area is 116 Å². The fourth-order valence-electron chi connectivity index (χ4n) is 2.10. The summed E-state index contributed by atoms with van der Waals surface area (Å²) in [6.07, 6.45) is 0. The molecule has 5 heteroatoms. The third-order valence-corrected chi connectivity index (χ3v) is 3.31. The lowest BCUT2D eigenvalue weighted by atomic mass is 10.1. The molecule has 2 rings (SSSR count). The molecule has 0 radical (unpaired) electrons. The number of carbonyl (C=O) groups excluding carboxylic acids is 1. The van der Waals surface area contributed by atoms with E-state index in [1.54, 1.807) is 26.8 Å². The lowest BCUT2D eigenvalue weighted by Gasteiger charge is -2.08. The maximum atomic E-state index is 13.8. The van der Waals surface area contributed by atoms with E-state index >= 15 is 0 Å². The third kappa shape index (κ3) is 2.58. The second-order valence-electron chi connectivity index (χ2n) is 4.69. The Morgan fingerprint density at radius 3 is 2.50 bits per heavy atom. The zero-order chi connectivity index (χ0) is 14.9. The van der Waals surface area contributed by atoms with Crippen LogP contribution in [0.4, 0.5) is 10.1 Å². The van der Waals surface area contributed by atoms with Gasteiger partial charge in [0.15, 0.2) is 0 Å². The summed E-state index contributed by atoms with van der Waals surface area (Å²) in [7, 11) is 0. The standard InChI is InChI=1S/C15H17FN2O2/c1-8-9(2)20-10(3)14(8)15(19)18-13-5-4-11(7-17)6-12(13)16/h4-6H,7,17H2,1-3H3,(H,18,19). The van der Waals surface area contributed by atoms with E-state index in [4.69, 9.17) is 10.2 Å². The average Bonchev–Trinajstić information content (AvgIpc) is 2.65. The highest BCUT2D eigenvalue weighted by molar-refractivity contribution is 6.06. The molecule has 0 bridgehead atoms. The van der Waals surface area contributed by atoms with Gasteiger partial charge in [-0.05, 0) is 38.5 Å². The van der Waals surface area contributed by atoms with E-state index < -0.39 is 5.82 Å². The average molecular weight is 276 g/mol. The molecule has 1 heterocycles. The first-order chi connectivity index (χ1) is 9.43. The summed E-state index contributed by atoms with van der Waals surface area (Å²) in [6, 6.07) is 4.50. The van der Waals surface area contributed by atoms with Crippen molar-refractivity contribution < 1.29 is 13.6 Å². The van der Waals surface area contributed by atoms with Gasteiger partial charge in [-0.15, -0.1) is 0 Å². The lowest BCUT2D eigenvalue weighted by molar-refractivity contribution is 0.102. The van der Waals surface area contributed by atoms with Crippen molar-refractivity contribution in [2.45, 2.75) is 27.3 Å². The van der Waals surface area contributed by atoms with Gasteiger partial charge >= 0.3 is 0 Å². The van der Waals surface area contributed by atoms with Gasteiger partial charge in [0.05, 0.1) is 11.3 Å². The Morgan fingerprint density at radius 2 is 2.00 bits per heavy atom. The molecule has 0 aliphatic rings. The summed E-state index contributed by atoms with van der Waals surface area (Å²) < 4.78 is 19.2. The van der Waals surface area contributed by atoms with E-state index in [0.29, 0.717) is 22.6 Å². The van der Waals surface area contributed by atoms with Gasteiger partial charge in [0.1, 0.15) is 17.3 Å². The molecule has 0 spiro atoms. The second-order valence-corrected chi connectivity index (χ2v) is 4.69. The summed E-state index contributed by atoms with van der Waals surface area (Å²) in [5.41, 5.74) is 7.45. The normalized spacial score (nSPS) is 10.7. The van der Waals surface area contributed by atoms with E-state index in [9.17, 15) is 9.18 Å². The van der Waals surface area contributed by atoms with Gasteiger partial charge in [0.25, 0.3) is 5.91 Å². The lowest BCUT2D eigenvalue weighted by Crippen LogP contribution is -2.14. The van der Waals surface area contributed by atoms with Gasteiger partial charge < -0.3 is 15.5 Å². The summed E-state index contributed by atoms with van der Waals surface area (Å²) in [5, 5.41) is 2.56. The summed E-state index contributed by atoms with van der Waals surface area (Å²) >= 11 is 0. The fraction of sp³-hybridized carbons (Fsp3) is 0.267. The Bertz CT molecular complexity index is 662. The Hall–Kier alpha value is -2.14. The van der Waals surface area contributed by atoms with E-state index in [1.165, 1.54) is 12.1 Å². The molecule has 0 atom stereocenters. The van der Waals surface area contributed by atoms with E-state index in [2.05, 4.69) is 5.32 Å². The van der Waals surface area contributed by atoms with Crippen LogP contribution < -0.4 is 11.1 Å². The van der Waals surface area contributed by atoms with Crippen LogP contribution in [0.1, 0.15) is 33.0 Å². The van der Waals surface area contributed by atoms with E-state index in [1.807, 2.05) is 0 Å². The van der Waals surface area contributed by atoms with Crippen LogP contribution in [-0.2, 0) is 6.54 Å². The number of hydrogen-bond donors (Lipinski definition) is 2. The molecule has 0 fully saturated rings. The highest BCUT2D eigenvalue weighted by Gasteiger charge is 2.19. The van der Waals surface area contributed by atoms with Crippen LogP contribution in [0.15, 0.2) is 22.6 Å². The molecule has 0 aliphatic carbocycles. The quantitative estimate of drug-likeness (QED) is 0.905. The fourth-order valence-corrected chi connectivity index (χ4v) is 2.10. The van der Waals surface area contributed by atoms with Crippen LogP contribution in [0.3, 0.4) is 0 Å². The number of carbonyl (C=O) groups is 1. The summed E-state index contributed by atoms with van der Waals surface area (Å²) in [4.78, 5) is 12.2. The number of nitrogens with one attached hydrogen (secondary N) is 1. The predicted molar refractivity (Wildman–Crippen MR) is 75.2 cm³/mol. The first kappa shape index (κ1) is 14.3. The Morgan fingerprint density at radius 1 is 1.30 bits per heavy atom. The number of aryl methyl sites for hydroxylation is 2. The number of furan rings is 1. The number of nitrogens with two attached hydrogens (primary N) is 1. The van der Waals surface area contributed by atoms with Crippen LogP contribution in [0.5, 0.6) is 0 Å². The molecule has 1 aromatic heterocycles. The molecule has 20 heavy (non-hydrogen) atoms. The molecule has 0 aliphatic heterocycles. The van der Waals surface area contributed by atoms with Crippen molar-refractivity contribution in [2.24, 2.45) is 5.73 Å². The molecule has 4 nitrogen and oxygen atoms in total. The van der Waals surface area contributed by atoms with Crippen molar-refractivity contribution in [3.05, 3.63) is 52.2 Å². The maximum absolute atomic E-state index is 13.8. The Balaban J connectivity index is 2.28. The van der Waals surface area contributed by atoms with Gasteiger partial charge in [0, 0.05) is 12.1 Å². The van der Waals surface area contributed by atoms with Crippen molar-refractivity contribution in [1.82, 2.24) is 0 Å². The van der Waals surface area contributed by atoms with Gasteiger partial charge in [0.2, 0.25) is 0 Å². The number of amides is 1. The van der Waals surface area contributed by atoms with Crippen LogP contribution in [0.2, 0.25) is 0 Å². The monoisotopic (exact) mass is 276 g/mol. The molecule has 0 unspecified atom stereocenters. The summed E-state index contributed by atoms with van der Waals surface area (Å²) in [5.74, 6) is 0.330. The molecule has 2 aromatic rings. The topological polar surface area (TPSA) is 68.3 Å². The maximum Gasteiger partial charge on any atom is 0.259 e. The molecular weight excluding hydrogens is 259 g/mol. The molecule has 1 aromatic carbocycles. The number of rotatable bonds is 3. The molecule has 0 saturated carbocycles. The van der Waals surface area contributed by atoms with Crippen molar-refractivity contribution >= 4 is 11.6 Å². The van der Waals surface area contributed by atoms with Gasteiger partial charge in [-0.3, -0.25) is 4.79 Å². The van der Waals surface area contributed by atoms with Crippen LogP contribution in [0.25, 0.3) is 0 Å². The van der Waals surface area contributed by atoms with Gasteiger partial charge in [-0.1, -0.05) is 6.07 Å². The van der Waals surface area contributed by atoms with E-state index in [0.717, 1.165) is 5.56 Å². The van der Waals surface area contributed by atoms with Gasteiger partial charge in [-0.25, -0.2) is 4.39 Å². The minimum absolute atomic E-state index is 0.129. The van der Waals surface area contributed by atoms with Crippen molar-refractivity contribution in [2.75, 3.05) is 5.32 Å². The van der Waals surface area contributed by atoms with Crippen LogP contribution in [-0.4, -0.2) is 5.91 Å².